The van der Waals surface area contributed by atoms with Crippen LogP contribution in [0, 0.1) is 0 Å². The van der Waals surface area contributed by atoms with Crippen LogP contribution in [0.25, 0.3) is 0 Å². The van der Waals surface area contributed by atoms with E-state index in [9.17, 15) is 4.79 Å². The highest BCUT2D eigenvalue weighted by atomic mass is 16.5. The number of urea groups is 1. The fourth-order valence-corrected chi connectivity index (χ4v) is 2.64. The van der Waals surface area contributed by atoms with Crippen molar-refractivity contribution in [2.75, 3.05) is 27.2 Å². The highest BCUT2D eigenvalue weighted by Crippen LogP contribution is 2.15. The largest absolute Gasteiger partial charge is 0.339 e. The van der Waals surface area contributed by atoms with Crippen LogP contribution in [0.15, 0.2) is 4.52 Å². The van der Waals surface area contributed by atoms with E-state index in [0.29, 0.717) is 24.3 Å². The van der Waals surface area contributed by atoms with Crippen LogP contribution in [-0.4, -0.2) is 59.2 Å². The Kier molecular flexibility index (Phi) is 5.76. The van der Waals surface area contributed by atoms with E-state index >= 15 is 0 Å². The van der Waals surface area contributed by atoms with Gasteiger partial charge in [0.2, 0.25) is 5.89 Å². The molecule has 1 N–H and O–H groups in total. The molecule has 1 aromatic heterocycles. The third-order valence-corrected chi connectivity index (χ3v) is 4.09. The molecule has 22 heavy (non-hydrogen) atoms. The van der Waals surface area contributed by atoms with Crippen molar-refractivity contribution >= 4 is 6.03 Å². The first-order chi connectivity index (χ1) is 10.5. The zero-order valence-electron chi connectivity index (χ0n) is 14.0. The molecule has 1 aliphatic rings. The van der Waals surface area contributed by atoms with Gasteiger partial charge in [0.15, 0.2) is 5.82 Å². The molecule has 1 aliphatic heterocycles. The Morgan fingerprint density at radius 1 is 1.41 bits per heavy atom. The summed E-state index contributed by atoms with van der Waals surface area (Å²) in [5.74, 6) is 1.33. The van der Waals surface area contributed by atoms with Gasteiger partial charge in [-0.2, -0.15) is 4.98 Å². The summed E-state index contributed by atoms with van der Waals surface area (Å²) in [5, 5.41) is 6.76. The van der Waals surface area contributed by atoms with E-state index < -0.39 is 0 Å². The van der Waals surface area contributed by atoms with Gasteiger partial charge in [-0.25, -0.2) is 4.79 Å². The van der Waals surface area contributed by atoms with Gasteiger partial charge in [-0.05, 0) is 33.4 Å². The van der Waals surface area contributed by atoms with E-state index in [1.54, 1.807) is 0 Å². The molecule has 1 aromatic rings. The molecule has 0 aromatic carbocycles. The van der Waals surface area contributed by atoms with Crippen LogP contribution in [0.4, 0.5) is 4.79 Å². The molecule has 2 amide bonds. The smallest absolute Gasteiger partial charge is 0.317 e. The zero-order chi connectivity index (χ0) is 16.1. The summed E-state index contributed by atoms with van der Waals surface area (Å²) in [5.41, 5.74) is 0. The topological polar surface area (TPSA) is 74.5 Å². The summed E-state index contributed by atoms with van der Waals surface area (Å²) < 4.78 is 5.13. The first-order valence-corrected chi connectivity index (χ1v) is 7.99. The standard InChI is InChI=1S/C15H27N5O2/c1-11(2)14-17-13(18-22-14)10-16-15(21)20-8-5-6-12(7-9-20)19(3)4/h11-12H,5-10H2,1-4H3,(H,16,21)/t12-/m0/s1. The number of carbonyl (C=O) groups is 1. The second-order valence-electron chi connectivity index (χ2n) is 6.40. The number of rotatable bonds is 4. The lowest BCUT2D eigenvalue weighted by atomic mass is 10.1. The monoisotopic (exact) mass is 309 g/mol. The fraction of sp³-hybridized carbons (Fsp3) is 0.800. The van der Waals surface area contributed by atoms with Crippen molar-refractivity contribution in [1.29, 1.82) is 0 Å². The molecule has 0 aliphatic carbocycles. The SMILES string of the molecule is CC(C)c1nc(CNC(=O)N2CCC[C@H](N(C)C)CC2)no1. The van der Waals surface area contributed by atoms with Gasteiger partial charge < -0.3 is 19.6 Å². The normalized spacial score (nSPS) is 19.5. The van der Waals surface area contributed by atoms with E-state index in [-0.39, 0.29) is 11.9 Å². The predicted octanol–water partition coefficient (Wildman–Crippen LogP) is 1.82. The lowest BCUT2D eigenvalue weighted by Crippen LogP contribution is -2.40. The number of carbonyl (C=O) groups excluding carboxylic acids is 1. The van der Waals surface area contributed by atoms with E-state index in [1.807, 2.05) is 18.7 Å². The molecule has 124 valence electrons. The first kappa shape index (κ1) is 16.7. The van der Waals surface area contributed by atoms with Gasteiger partial charge in [0.25, 0.3) is 0 Å². The third kappa shape index (κ3) is 4.43. The highest BCUT2D eigenvalue weighted by Gasteiger charge is 2.21. The molecule has 1 fully saturated rings. The van der Waals surface area contributed by atoms with Crippen LogP contribution in [0.3, 0.4) is 0 Å². The molecular formula is C15H27N5O2. The Morgan fingerprint density at radius 3 is 2.82 bits per heavy atom. The van der Waals surface area contributed by atoms with Gasteiger partial charge in [0.05, 0.1) is 6.54 Å². The fourth-order valence-electron chi connectivity index (χ4n) is 2.64. The molecule has 0 spiro atoms. The summed E-state index contributed by atoms with van der Waals surface area (Å²) in [6.45, 7) is 5.89. The van der Waals surface area contributed by atoms with Crippen LogP contribution in [0.1, 0.15) is 50.7 Å². The number of hydrogen-bond donors (Lipinski definition) is 1. The molecular weight excluding hydrogens is 282 g/mol. The molecule has 7 heteroatoms. The van der Waals surface area contributed by atoms with Gasteiger partial charge in [0, 0.05) is 25.0 Å². The van der Waals surface area contributed by atoms with Crippen molar-refractivity contribution in [3.8, 4) is 0 Å². The van der Waals surface area contributed by atoms with Gasteiger partial charge in [-0.3, -0.25) is 0 Å². The maximum Gasteiger partial charge on any atom is 0.317 e. The zero-order valence-corrected chi connectivity index (χ0v) is 14.0. The Labute approximate surface area is 132 Å². The Bertz CT molecular complexity index is 486. The van der Waals surface area contributed by atoms with Crippen LogP contribution < -0.4 is 5.32 Å². The van der Waals surface area contributed by atoms with Crippen molar-refractivity contribution in [3.63, 3.8) is 0 Å². The van der Waals surface area contributed by atoms with Crippen molar-refractivity contribution in [2.24, 2.45) is 0 Å². The van der Waals surface area contributed by atoms with Crippen LogP contribution >= 0.6 is 0 Å². The first-order valence-electron chi connectivity index (χ1n) is 7.99. The molecule has 1 saturated heterocycles. The number of amides is 2. The Hall–Kier alpha value is -1.63. The van der Waals surface area contributed by atoms with Crippen LogP contribution in [0.2, 0.25) is 0 Å². The maximum atomic E-state index is 12.3. The third-order valence-electron chi connectivity index (χ3n) is 4.09. The average molecular weight is 309 g/mol. The summed E-state index contributed by atoms with van der Waals surface area (Å²) in [6, 6.07) is 0.513. The lowest BCUT2D eigenvalue weighted by Gasteiger charge is -2.23. The van der Waals surface area contributed by atoms with Gasteiger partial charge >= 0.3 is 6.03 Å². The van der Waals surface area contributed by atoms with Gasteiger partial charge in [-0.1, -0.05) is 19.0 Å². The van der Waals surface area contributed by atoms with Crippen LogP contribution in [0.5, 0.6) is 0 Å². The summed E-state index contributed by atoms with van der Waals surface area (Å²) >= 11 is 0. The molecule has 2 heterocycles. The molecule has 0 unspecified atom stereocenters. The minimum atomic E-state index is -0.0460. The van der Waals surface area contributed by atoms with Crippen molar-refractivity contribution in [3.05, 3.63) is 11.7 Å². The Balaban J connectivity index is 1.81. The van der Waals surface area contributed by atoms with Crippen LogP contribution in [-0.2, 0) is 6.54 Å². The lowest BCUT2D eigenvalue weighted by molar-refractivity contribution is 0.196. The van der Waals surface area contributed by atoms with E-state index in [0.717, 1.165) is 32.4 Å². The molecule has 0 radical (unpaired) electrons. The molecule has 0 bridgehead atoms. The number of hydrogen-bond acceptors (Lipinski definition) is 5. The minimum Gasteiger partial charge on any atom is -0.339 e. The average Bonchev–Trinajstić information content (AvgIpc) is 2.80. The van der Waals surface area contributed by atoms with Crippen molar-refractivity contribution < 1.29 is 9.32 Å². The summed E-state index contributed by atoms with van der Waals surface area (Å²) in [6.07, 6.45) is 3.19. The quantitative estimate of drug-likeness (QED) is 0.918. The van der Waals surface area contributed by atoms with E-state index in [2.05, 4.69) is 34.5 Å². The maximum absolute atomic E-state index is 12.3. The van der Waals surface area contributed by atoms with Gasteiger partial charge in [-0.15, -0.1) is 0 Å². The summed E-state index contributed by atoms with van der Waals surface area (Å²) in [4.78, 5) is 20.6. The van der Waals surface area contributed by atoms with Crippen molar-refractivity contribution in [1.82, 2.24) is 25.3 Å². The number of aromatic nitrogens is 2. The molecule has 1 atom stereocenters. The predicted molar refractivity (Wildman–Crippen MR) is 83.5 cm³/mol. The second-order valence-corrected chi connectivity index (χ2v) is 6.40. The number of likely N-dealkylation sites (tertiary alicyclic amines) is 1. The summed E-state index contributed by atoms with van der Waals surface area (Å²) in [7, 11) is 4.20. The Morgan fingerprint density at radius 2 is 2.18 bits per heavy atom. The second kappa shape index (κ2) is 7.58. The number of nitrogens with one attached hydrogen (secondary N) is 1. The minimum absolute atomic E-state index is 0.0460. The van der Waals surface area contributed by atoms with Crippen molar-refractivity contribution in [2.45, 2.75) is 51.6 Å². The van der Waals surface area contributed by atoms with E-state index in [4.69, 9.17) is 4.52 Å². The molecule has 0 saturated carbocycles. The highest BCUT2D eigenvalue weighted by molar-refractivity contribution is 5.74. The van der Waals surface area contributed by atoms with Gasteiger partial charge in [0.1, 0.15) is 0 Å². The number of nitrogens with zero attached hydrogens (tertiary/aromatic N) is 4. The molecule has 7 nitrogen and oxygen atoms in total. The molecule has 2 rings (SSSR count). The van der Waals surface area contributed by atoms with E-state index in [1.165, 1.54) is 0 Å².